The van der Waals surface area contributed by atoms with E-state index < -0.39 is 28.3 Å². The van der Waals surface area contributed by atoms with E-state index in [-0.39, 0.29) is 66.2 Å². The number of carbonyl (C=O) groups is 1. The molecule has 0 aromatic rings. The van der Waals surface area contributed by atoms with Crippen LogP contribution < -0.4 is 0 Å². The van der Waals surface area contributed by atoms with Crippen LogP contribution in [0.15, 0.2) is 0 Å². The van der Waals surface area contributed by atoms with Crippen LogP contribution in [0.25, 0.3) is 0 Å². The van der Waals surface area contributed by atoms with Crippen molar-refractivity contribution < 1.29 is 37.5 Å². The molecule has 208 valence electrons. The van der Waals surface area contributed by atoms with E-state index in [1.54, 1.807) is 0 Å². The van der Waals surface area contributed by atoms with Gasteiger partial charge in [-0.25, -0.2) is 0 Å². The maximum absolute atomic E-state index is 11.6. The topological polar surface area (TPSA) is 130 Å². The molecular formula is C27H46O8S. The number of ether oxygens (including phenoxy) is 1. The smallest absolute Gasteiger partial charge is 0.303 e. The number of hydrogen-bond acceptors (Lipinski definition) is 7. The summed E-state index contributed by atoms with van der Waals surface area (Å²) < 4.78 is 33.1. The molecule has 0 bridgehead atoms. The number of aliphatic carboxylic acids is 1. The van der Waals surface area contributed by atoms with E-state index in [2.05, 4.69) is 20.8 Å². The van der Waals surface area contributed by atoms with Gasteiger partial charge in [-0.1, -0.05) is 20.8 Å². The molecule has 0 aromatic heterocycles. The normalized spacial score (nSPS) is 45.4. The predicted octanol–water partition coefficient (Wildman–Crippen LogP) is 3.45. The summed E-state index contributed by atoms with van der Waals surface area (Å²) in [5, 5.41) is 32.3. The molecule has 4 aliphatic rings. The maximum atomic E-state index is 11.6. The van der Waals surface area contributed by atoms with E-state index >= 15 is 0 Å². The Hall–Kier alpha value is -0.740. The fraction of sp³-hybridized carbons (Fsp3) is 0.963. The third-order valence-corrected chi connectivity index (χ3v) is 11.6. The minimum Gasteiger partial charge on any atom is -0.481 e. The summed E-state index contributed by atoms with van der Waals surface area (Å²) in [6, 6.07) is 0. The van der Waals surface area contributed by atoms with E-state index in [0.717, 1.165) is 44.8 Å². The lowest BCUT2D eigenvalue weighted by Gasteiger charge is -2.63. The third-order valence-electron chi connectivity index (χ3n) is 11.0. The first-order valence-electron chi connectivity index (χ1n) is 13.8. The number of aliphatic hydroxyl groups is 2. The van der Waals surface area contributed by atoms with Crippen molar-refractivity contribution in [2.75, 3.05) is 19.5 Å². The van der Waals surface area contributed by atoms with Gasteiger partial charge in [-0.15, -0.1) is 0 Å². The van der Waals surface area contributed by atoms with Crippen LogP contribution in [0.4, 0.5) is 0 Å². The molecule has 0 radical (unpaired) electrons. The van der Waals surface area contributed by atoms with Gasteiger partial charge in [0.1, 0.15) is 0 Å². The monoisotopic (exact) mass is 530 g/mol. The van der Waals surface area contributed by atoms with Crippen molar-refractivity contribution in [3.63, 3.8) is 0 Å². The number of aliphatic hydroxyl groups excluding tert-OH is 2. The molecule has 4 aliphatic carbocycles. The standard InChI is InChI=1S/C27H46O8S/c1-16(5-8-24(30)31)19-6-7-20-25-21(15-23(29)27(19,20)3)26(2)10-9-18(13-17(26)14-22(25)28)34-11-12-35-36(4,32)33/h16-23,25,28-29H,5-15H2,1-4H3,(H,30,31)/t16-,17?,18+,19-,20+,21+,22-,23+,25+,26+,27-/m1/s1. The van der Waals surface area contributed by atoms with Crippen molar-refractivity contribution in [1.82, 2.24) is 0 Å². The Balaban J connectivity index is 1.45. The molecule has 0 spiro atoms. The Bertz CT molecular complexity index is 907. The zero-order valence-corrected chi connectivity index (χ0v) is 23.1. The average Bonchev–Trinajstić information content (AvgIpc) is 3.14. The minimum absolute atomic E-state index is 0.0170. The van der Waals surface area contributed by atoms with Gasteiger partial charge in [0.25, 0.3) is 10.1 Å². The molecule has 0 amide bonds. The van der Waals surface area contributed by atoms with E-state index in [4.69, 9.17) is 8.92 Å². The second kappa shape index (κ2) is 10.4. The first-order valence-corrected chi connectivity index (χ1v) is 15.6. The summed E-state index contributed by atoms with van der Waals surface area (Å²) in [5.41, 5.74) is -0.258. The van der Waals surface area contributed by atoms with Crippen LogP contribution in [0.5, 0.6) is 0 Å². The van der Waals surface area contributed by atoms with Gasteiger partial charge in [-0.3, -0.25) is 8.98 Å². The first-order chi connectivity index (χ1) is 16.8. The molecule has 0 aliphatic heterocycles. The molecule has 0 heterocycles. The summed E-state index contributed by atoms with van der Waals surface area (Å²) >= 11 is 0. The van der Waals surface area contributed by atoms with Gasteiger partial charge < -0.3 is 20.1 Å². The summed E-state index contributed by atoms with van der Waals surface area (Å²) in [6.07, 6.45) is 7.08. The number of carboxylic acids is 1. The highest BCUT2D eigenvalue weighted by Gasteiger charge is 2.65. The van der Waals surface area contributed by atoms with Crippen LogP contribution in [-0.2, 0) is 23.8 Å². The third kappa shape index (κ3) is 5.24. The fourth-order valence-electron chi connectivity index (χ4n) is 9.22. The van der Waals surface area contributed by atoms with E-state index in [1.807, 2.05) is 0 Å². The molecule has 1 unspecified atom stereocenters. The molecule has 0 aromatic carbocycles. The van der Waals surface area contributed by atoms with Crippen molar-refractivity contribution in [2.45, 2.75) is 96.9 Å². The van der Waals surface area contributed by atoms with Gasteiger partial charge in [0, 0.05) is 6.42 Å². The Morgan fingerprint density at radius 1 is 1.06 bits per heavy atom. The van der Waals surface area contributed by atoms with E-state index in [9.17, 15) is 28.5 Å². The van der Waals surface area contributed by atoms with Gasteiger partial charge in [0.05, 0.1) is 37.8 Å². The van der Waals surface area contributed by atoms with Crippen LogP contribution in [-0.4, -0.2) is 67.5 Å². The molecule has 3 N–H and O–H groups in total. The molecule has 9 heteroatoms. The lowest BCUT2D eigenvalue weighted by molar-refractivity contribution is -0.209. The highest BCUT2D eigenvalue weighted by molar-refractivity contribution is 7.85. The van der Waals surface area contributed by atoms with Crippen LogP contribution in [0, 0.1) is 46.3 Å². The SMILES string of the molecule is C[C@H](CCC(=O)O)[C@H]1CC[C@H]2[C@@H]3[C@H](O)CC4C[C@@H](OCCOS(C)(=O)=O)CC[C@]4(C)[C@H]3C[C@H](O)[C@]12C. The van der Waals surface area contributed by atoms with Gasteiger partial charge >= 0.3 is 5.97 Å². The minimum atomic E-state index is -3.47. The molecule has 11 atom stereocenters. The highest BCUT2D eigenvalue weighted by Crippen LogP contribution is 2.68. The van der Waals surface area contributed by atoms with Crippen LogP contribution in [0.1, 0.15) is 78.6 Å². The number of rotatable bonds is 9. The quantitative estimate of drug-likeness (QED) is 0.305. The zero-order chi connectivity index (χ0) is 26.5. The second-order valence-electron chi connectivity index (χ2n) is 12.8. The molecule has 0 saturated heterocycles. The molecule has 4 rings (SSSR count). The zero-order valence-electron chi connectivity index (χ0n) is 22.3. The number of hydrogen-bond donors (Lipinski definition) is 3. The van der Waals surface area contributed by atoms with Gasteiger partial charge in [0.2, 0.25) is 0 Å². The summed E-state index contributed by atoms with van der Waals surface area (Å²) in [6.45, 7) is 6.94. The largest absolute Gasteiger partial charge is 0.481 e. The van der Waals surface area contributed by atoms with Crippen molar-refractivity contribution in [1.29, 1.82) is 0 Å². The Morgan fingerprint density at radius 2 is 1.78 bits per heavy atom. The number of carboxylic acid groups (broad SMARTS) is 1. The molecular weight excluding hydrogens is 484 g/mol. The van der Waals surface area contributed by atoms with Crippen molar-refractivity contribution >= 4 is 16.1 Å². The van der Waals surface area contributed by atoms with E-state index in [0.29, 0.717) is 18.8 Å². The van der Waals surface area contributed by atoms with Crippen LogP contribution in [0.2, 0.25) is 0 Å². The lowest BCUT2D eigenvalue weighted by atomic mass is 9.43. The summed E-state index contributed by atoms with van der Waals surface area (Å²) in [5.74, 6) is 0.693. The molecule has 36 heavy (non-hydrogen) atoms. The molecule has 4 fully saturated rings. The van der Waals surface area contributed by atoms with Crippen molar-refractivity contribution in [3.8, 4) is 0 Å². The van der Waals surface area contributed by atoms with Crippen molar-refractivity contribution in [3.05, 3.63) is 0 Å². The molecule has 8 nitrogen and oxygen atoms in total. The van der Waals surface area contributed by atoms with Gasteiger partial charge in [-0.05, 0) is 97.7 Å². The Morgan fingerprint density at radius 3 is 2.44 bits per heavy atom. The van der Waals surface area contributed by atoms with E-state index in [1.165, 1.54) is 0 Å². The summed E-state index contributed by atoms with van der Waals surface area (Å²) in [4.78, 5) is 11.2. The highest BCUT2D eigenvalue weighted by atomic mass is 32.2. The number of fused-ring (bicyclic) bond motifs is 5. The van der Waals surface area contributed by atoms with Crippen LogP contribution in [0.3, 0.4) is 0 Å². The Kier molecular flexibility index (Phi) is 8.20. The predicted molar refractivity (Wildman–Crippen MR) is 135 cm³/mol. The summed E-state index contributed by atoms with van der Waals surface area (Å²) in [7, 11) is -3.47. The van der Waals surface area contributed by atoms with Crippen molar-refractivity contribution in [2.24, 2.45) is 46.3 Å². The molecule has 4 saturated carbocycles. The average molecular weight is 531 g/mol. The maximum Gasteiger partial charge on any atom is 0.303 e. The second-order valence-corrected chi connectivity index (χ2v) is 14.4. The van der Waals surface area contributed by atoms with Crippen LogP contribution >= 0.6 is 0 Å². The van der Waals surface area contributed by atoms with Gasteiger partial charge in [0.15, 0.2) is 0 Å². The van der Waals surface area contributed by atoms with Gasteiger partial charge in [-0.2, -0.15) is 8.42 Å². The first kappa shape index (κ1) is 28.3. The lowest BCUT2D eigenvalue weighted by Crippen LogP contribution is -2.62. The Labute approximate surface area is 216 Å². The fourth-order valence-corrected chi connectivity index (χ4v) is 9.59.